The average molecular weight is 325 g/mol. The first-order valence-electron chi connectivity index (χ1n) is 5.48. The second-order valence-corrected chi connectivity index (χ2v) is 5.89. The van der Waals surface area contributed by atoms with E-state index < -0.39 is 0 Å². The lowest BCUT2D eigenvalue weighted by Crippen LogP contribution is -2.09. The number of rotatable bonds is 4. The highest BCUT2D eigenvalue weighted by Crippen LogP contribution is 2.22. The summed E-state index contributed by atoms with van der Waals surface area (Å²) in [5.41, 5.74) is 1.84. The first-order valence-corrected chi connectivity index (χ1v) is 7.26. The lowest BCUT2D eigenvalue weighted by molar-refractivity contribution is 0.101. The van der Waals surface area contributed by atoms with Crippen LogP contribution in [-0.2, 0) is 7.05 Å². The molecular weight excluding hydrogens is 312 g/mol. The van der Waals surface area contributed by atoms with E-state index in [2.05, 4.69) is 21.0 Å². The number of thioether (sulfide) groups is 1. The summed E-state index contributed by atoms with van der Waals surface area (Å²) < 4.78 is 2.35. The second-order valence-electron chi connectivity index (χ2n) is 3.99. The molecule has 0 aliphatic heterocycles. The maximum Gasteiger partial charge on any atom is 0.192 e. The van der Waals surface area contributed by atoms with E-state index in [9.17, 15) is 4.79 Å². The Morgan fingerprint density at radius 2 is 2.06 bits per heavy atom. The number of aromatic nitrogens is 2. The summed E-state index contributed by atoms with van der Waals surface area (Å²) in [6.07, 6.45) is 1.64. The van der Waals surface area contributed by atoms with Gasteiger partial charge in [0.1, 0.15) is 5.69 Å². The summed E-state index contributed by atoms with van der Waals surface area (Å²) in [5.74, 6) is 0.494. The fraction of sp³-hybridized carbons (Fsp3) is 0.231. The van der Waals surface area contributed by atoms with Gasteiger partial charge in [-0.05, 0) is 35.0 Å². The molecular formula is C13H13BrN2OS. The topological polar surface area (TPSA) is 34.9 Å². The van der Waals surface area contributed by atoms with Gasteiger partial charge in [-0.1, -0.05) is 17.7 Å². The molecule has 2 aromatic rings. The number of ketones is 1. The highest BCUT2D eigenvalue weighted by Gasteiger charge is 2.15. The lowest BCUT2D eigenvalue weighted by Gasteiger charge is -2.03. The Bertz CT molecular complexity index is 543. The van der Waals surface area contributed by atoms with E-state index >= 15 is 0 Å². The number of hydrogen-bond acceptors (Lipinski definition) is 3. The maximum atomic E-state index is 12.1. The fourth-order valence-corrected chi connectivity index (χ4v) is 2.91. The van der Waals surface area contributed by atoms with Crippen LogP contribution in [0.4, 0.5) is 0 Å². The minimum Gasteiger partial charge on any atom is -0.291 e. The molecule has 0 aliphatic rings. The largest absolute Gasteiger partial charge is 0.291 e. The van der Waals surface area contributed by atoms with Gasteiger partial charge in [-0.25, -0.2) is 0 Å². The number of halogens is 1. The molecule has 0 unspecified atom stereocenters. The molecule has 18 heavy (non-hydrogen) atoms. The lowest BCUT2D eigenvalue weighted by atomic mass is 10.2. The summed E-state index contributed by atoms with van der Waals surface area (Å²) in [5, 5.41) is 4.04. The molecule has 1 heterocycles. The molecule has 0 bridgehead atoms. The van der Waals surface area contributed by atoms with Crippen molar-refractivity contribution in [3.05, 3.63) is 46.2 Å². The molecule has 94 valence electrons. The van der Waals surface area contributed by atoms with Gasteiger partial charge in [0.05, 0.1) is 16.4 Å². The van der Waals surface area contributed by atoms with Crippen molar-refractivity contribution in [3.63, 3.8) is 0 Å². The number of hydrogen-bond donors (Lipinski definition) is 0. The standard InChI is InChI=1S/C13H13BrN2OS/c1-9-3-5-10(6-4-9)18-8-12(17)13-11(14)7-15-16(13)2/h3-7H,8H2,1-2H3. The Hall–Kier alpha value is -1.07. The van der Waals surface area contributed by atoms with Crippen LogP contribution in [0.1, 0.15) is 16.1 Å². The molecule has 1 aromatic carbocycles. The van der Waals surface area contributed by atoms with Crippen LogP contribution in [-0.4, -0.2) is 21.3 Å². The Morgan fingerprint density at radius 1 is 1.39 bits per heavy atom. The van der Waals surface area contributed by atoms with E-state index in [0.717, 1.165) is 9.37 Å². The highest BCUT2D eigenvalue weighted by atomic mass is 79.9. The monoisotopic (exact) mass is 324 g/mol. The van der Waals surface area contributed by atoms with Crippen LogP contribution in [0.25, 0.3) is 0 Å². The molecule has 0 spiro atoms. The van der Waals surface area contributed by atoms with Gasteiger partial charge in [0.15, 0.2) is 5.78 Å². The molecule has 5 heteroatoms. The van der Waals surface area contributed by atoms with Gasteiger partial charge in [-0.3, -0.25) is 9.48 Å². The van der Waals surface area contributed by atoms with Crippen LogP contribution in [0.2, 0.25) is 0 Å². The van der Waals surface area contributed by atoms with Crippen LogP contribution < -0.4 is 0 Å². The first-order chi connectivity index (χ1) is 8.58. The summed E-state index contributed by atoms with van der Waals surface area (Å²) in [6, 6.07) is 8.16. The number of carbonyl (C=O) groups is 1. The Kier molecular flexibility index (Phi) is 4.24. The first kappa shape index (κ1) is 13.4. The van der Waals surface area contributed by atoms with E-state index in [4.69, 9.17) is 0 Å². The predicted octanol–water partition coefficient (Wildman–Crippen LogP) is 3.47. The molecule has 0 amide bonds. The van der Waals surface area contributed by atoms with Crippen LogP contribution in [0.15, 0.2) is 39.8 Å². The van der Waals surface area contributed by atoms with Crippen molar-refractivity contribution in [2.45, 2.75) is 11.8 Å². The third-order valence-electron chi connectivity index (χ3n) is 2.55. The molecule has 0 saturated carbocycles. The number of benzene rings is 1. The number of carbonyl (C=O) groups excluding carboxylic acids is 1. The van der Waals surface area contributed by atoms with E-state index in [0.29, 0.717) is 11.4 Å². The zero-order valence-electron chi connectivity index (χ0n) is 10.2. The minimum absolute atomic E-state index is 0.0763. The van der Waals surface area contributed by atoms with Gasteiger partial charge >= 0.3 is 0 Å². The van der Waals surface area contributed by atoms with Crippen molar-refractivity contribution in [1.29, 1.82) is 0 Å². The van der Waals surface area contributed by atoms with Crippen LogP contribution >= 0.6 is 27.7 Å². The minimum atomic E-state index is 0.0763. The number of aryl methyl sites for hydroxylation is 2. The fourth-order valence-electron chi connectivity index (χ4n) is 1.58. The Balaban J connectivity index is 2.03. The third-order valence-corrected chi connectivity index (χ3v) is 4.14. The van der Waals surface area contributed by atoms with E-state index in [1.165, 1.54) is 5.56 Å². The normalized spacial score (nSPS) is 10.6. The van der Waals surface area contributed by atoms with Gasteiger partial charge in [0, 0.05) is 11.9 Å². The average Bonchev–Trinajstić information content (AvgIpc) is 2.68. The SMILES string of the molecule is Cc1ccc(SCC(=O)c2c(Br)cnn2C)cc1. The predicted molar refractivity (Wildman–Crippen MR) is 77.1 cm³/mol. The van der Waals surface area contributed by atoms with Crippen molar-refractivity contribution in [1.82, 2.24) is 9.78 Å². The van der Waals surface area contributed by atoms with E-state index in [1.54, 1.807) is 29.7 Å². The van der Waals surface area contributed by atoms with Crippen molar-refractivity contribution in [2.24, 2.45) is 7.05 Å². The second kappa shape index (κ2) is 5.71. The van der Waals surface area contributed by atoms with Gasteiger partial charge in [0.2, 0.25) is 0 Å². The zero-order valence-corrected chi connectivity index (χ0v) is 12.6. The van der Waals surface area contributed by atoms with Gasteiger partial charge in [0.25, 0.3) is 0 Å². The molecule has 3 nitrogen and oxygen atoms in total. The van der Waals surface area contributed by atoms with E-state index in [-0.39, 0.29) is 5.78 Å². The third kappa shape index (κ3) is 3.03. The van der Waals surface area contributed by atoms with Crippen LogP contribution in [0, 0.1) is 6.92 Å². The summed E-state index contributed by atoms with van der Waals surface area (Å²) in [4.78, 5) is 13.2. The highest BCUT2D eigenvalue weighted by molar-refractivity contribution is 9.10. The molecule has 0 saturated heterocycles. The zero-order chi connectivity index (χ0) is 13.1. The smallest absolute Gasteiger partial charge is 0.192 e. The van der Waals surface area contributed by atoms with Crippen molar-refractivity contribution in [3.8, 4) is 0 Å². The molecule has 2 rings (SSSR count). The van der Waals surface area contributed by atoms with Crippen molar-refractivity contribution in [2.75, 3.05) is 5.75 Å². The molecule has 1 aromatic heterocycles. The Labute approximate surface area is 119 Å². The number of Topliss-reactive ketones (excluding diaryl/α,β-unsaturated/α-hetero) is 1. The van der Waals surface area contributed by atoms with Gasteiger partial charge < -0.3 is 0 Å². The molecule has 0 aliphatic carbocycles. The molecule has 0 fully saturated rings. The molecule has 0 N–H and O–H groups in total. The van der Waals surface area contributed by atoms with Crippen LogP contribution in [0.3, 0.4) is 0 Å². The van der Waals surface area contributed by atoms with Crippen molar-refractivity contribution >= 4 is 33.5 Å². The maximum absolute atomic E-state index is 12.1. The van der Waals surface area contributed by atoms with Crippen LogP contribution in [0.5, 0.6) is 0 Å². The number of nitrogens with zero attached hydrogens (tertiary/aromatic N) is 2. The molecule has 0 radical (unpaired) electrons. The summed E-state index contributed by atoms with van der Waals surface area (Å²) >= 11 is 4.88. The van der Waals surface area contributed by atoms with E-state index in [1.807, 2.05) is 31.2 Å². The summed E-state index contributed by atoms with van der Waals surface area (Å²) in [7, 11) is 1.77. The Morgan fingerprint density at radius 3 is 2.61 bits per heavy atom. The van der Waals surface area contributed by atoms with Gasteiger partial charge in [-0.2, -0.15) is 5.10 Å². The molecule has 0 atom stereocenters. The summed E-state index contributed by atoms with van der Waals surface area (Å²) in [6.45, 7) is 2.05. The van der Waals surface area contributed by atoms with Crippen molar-refractivity contribution < 1.29 is 4.79 Å². The van der Waals surface area contributed by atoms with Gasteiger partial charge in [-0.15, -0.1) is 11.8 Å². The quantitative estimate of drug-likeness (QED) is 0.638.